The molecule has 1 heterocycles. The summed E-state index contributed by atoms with van der Waals surface area (Å²) in [6.45, 7) is 0. The van der Waals surface area contributed by atoms with Crippen LogP contribution < -0.4 is 10.7 Å². The Kier molecular flexibility index (Phi) is 1.75. The lowest BCUT2D eigenvalue weighted by molar-refractivity contribution is 1.06. The van der Waals surface area contributed by atoms with E-state index in [0.29, 0.717) is 5.11 Å². The number of nitrogens with zero attached hydrogens (tertiary/aromatic N) is 1. The van der Waals surface area contributed by atoms with E-state index >= 15 is 0 Å². The summed E-state index contributed by atoms with van der Waals surface area (Å²) in [5.74, 6) is 0. The topological polar surface area (TPSA) is 36.4 Å². The van der Waals surface area contributed by atoms with Gasteiger partial charge >= 0.3 is 0 Å². The van der Waals surface area contributed by atoms with E-state index in [4.69, 9.17) is 12.2 Å². The minimum absolute atomic E-state index is 0.524. The Morgan fingerprint density at radius 1 is 1.25 bits per heavy atom. The predicted molar refractivity (Wildman–Crippen MR) is 53.4 cm³/mol. The number of thiocarbonyl (C=S) groups is 1. The van der Waals surface area contributed by atoms with Crippen molar-refractivity contribution in [2.45, 2.75) is 0 Å². The zero-order valence-corrected chi connectivity index (χ0v) is 7.06. The highest BCUT2D eigenvalue weighted by atomic mass is 32.1. The molecule has 1 aliphatic heterocycles. The molecule has 60 valence electrons. The fourth-order valence-corrected chi connectivity index (χ4v) is 1.20. The molecule has 0 fully saturated rings. The molecule has 4 heteroatoms. The van der Waals surface area contributed by atoms with Gasteiger partial charge in [0.25, 0.3) is 0 Å². The molecule has 0 saturated heterocycles. The predicted octanol–water partition coefficient (Wildman–Crippen LogP) is 1.32. The molecule has 3 nitrogen and oxygen atoms in total. The van der Waals surface area contributed by atoms with Gasteiger partial charge in [-0.15, -0.1) is 0 Å². The molecule has 1 aromatic carbocycles. The minimum Gasteiger partial charge on any atom is -0.331 e. The van der Waals surface area contributed by atoms with E-state index in [1.807, 2.05) is 24.3 Å². The zero-order valence-electron chi connectivity index (χ0n) is 6.24. The molecule has 0 radical (unpaired) electrons. The second-order valence-electron chi connectivity index (χ2n) is 2.41. The van der Waals surface area contributed by atoms with Crippen LogP contribution in [0.25, 0.3) is 0 Å². The van der Waals surface area contributed by atoms with Crippen LogP contribution in [0.1, 0.15) is 5.56 Å². The zero-order chi connectivity index (χ0) is 8.39. The molecule has 0 atom stereocenters. The van der Waals surface area contributed by atoms with Crippen molar-refractivity contribution in [3.8, 4) is 0 Å². The van der Waals surface area contributed by atoms with E-state index in [9.17, 15) is 0 Å². The third-order valence-corrected chi connectivity index (χ3v) is 1.77. The van der Waals surface area contributed by atoms with E-state index in [2.05, 4.69) is 15.8 Å². The molecular weight excluding hydrogens is 170 g/mol. The van der Waals surface area contributed by atoms with Crippen molar-refractivity contribution in [1.82, 2.24) is 5.43 Å². The van der Waals surface area contributed by atoms with E-state index in [1.54, 1.807) is 6.21 Å². The number of anilines is 1. The summed E-state index contributed by atoms with van der Waals surface area (Å²) in [4.78, 5) is 0. The number of rotatable bonds is 0. The standard InChI is InChI=1S/C8H7N3S/c12-8-10-7-4-2-1-3-6(7)5-9-11-8/h1-5H,(H2,10,11,12). The van der Waals surface area contributed by atoms with Gasteiger partial charge in [0.1, 0.15) is 0 Å². The van der Waals surface area contributed by atoms with Crippen molar-refractivity contribution in [3.05, 3.63) is 29.8 Å². The van der Waals surface area contributed by atoms with Gasteiger partial charge in [-0.2, -0.15) is 5.10 Å². The van der Waals surface area contributed by atoms with Crippen LogP contribution in [0.3, 0.4) is 0 Å². The summed E-state index contributed by atoms with van der Waals surface area (Å²) < 4.78 is 0. The summed E-state index contributed by atoms with van der Waals surface area (Å²) in [6, 6.07) is 7.84. The highest BCUT2D eigenvalue weighted by molar-refractivity contribution is 7.80. The van der Waals surface area contributed by atoms with E-state index < -0.39 is 0 Å². The lowest BCUT2D eigenvalue weighted by atomic mass is 10.2. The maximum atomic E-state index is 4.93. The molecule has 0 bridgehead atoms. The van der Waals surface area contributed by atoms with Crippen LogP contribution in [0.2, 0.25) is 0 Å². The van der Waals surface area contributed by atoms with Crippen LogP contribution >= 0.6 is 12.2 Å². The summed E-state index contributed by atoms with van der Waals surface area (Å²) in [5.41, 5.74) is 4.70. The largest absolute Gasteiger partial charge is 0.331 e. The van der Waals surface area contributed by atoms with Crippen molar-refractivity contribution >= 4 is 29.2 Å². The first-order valence-electron chi connectivity index (χ1n) is 3.55. The first-order chi connectivity index (χ1) is 5.86. The number of benzene rings is 1. The Morgan fingerprint density at radius 2 is 2.08 bits per heavy atom. The lowest BCUT2D eigenvalue weighted by Crippen LogP contribution is -2.21. The Bertz CT molecular complexity index is 346. The molecule has 0 aromatic heterocycles. The van der Waals surface area contributed by atoms with Gasteiger partial charge in [-0.25, -0.2) is 0 Å². The van der Waals surface area contributed by atoms with Crippen LogP contribution in [-0.4, -0.2) is 11.3 Å². The van der Waals surface area contributed by atoms with Gasteiger partial charge in [0.05, 0.1) is 6.21 Å². The van der Waals surface area contributed by atoms with E-state index in [-0.39, 0.29) is 0 Å². The minimum atomic E-state index is 0.524. The molecule has 2 N–H and O–H groups in total. The van der Waals surface area contributed by atoms with Crippen molar-refractivity contribution in [2.75, 3.05) is 5.32 Å². The molecule has 1 aliphatic rings. The van der Waals surface area contributed by atoms with Gasteiger partial charge in [0, 0.05) is 11.3 Å². The molecule has 12 heavy (non-hydrogen) atoms. The lowest BCUT2D eigenvalue weighted by Gasteiger charge is -2.04. The van der Waals surface area contributed by atoms with Crippen molar-refractivity contribution in [1.29, 1.82) is 0 Å². The summed E-state index contributed by atoms with van der Waals surface area (Å²) >= 11 is 4.93. The quantitative estimate of drug-likeness (QED) is 0.587. The number of para-hydroxylation sites is 1. The fourth-order valence-electron chi connectivity index (χ4n) is 1.03. The molecule has 1 aromatic rings. The maximum absolute atomic E-state index is 4.93. The summed E-state index contributed by atoms with van der Waals surface area (Å²) in [6.07, 6.45) is 1.74. The molecule has 0 saturated carbocycles. The third-order valence-electron chi connectivity index (χ3n) is 1.58. The highest BCUT2D eigenvalue weighted by Crippen LogP contribution is 2.13. The molecule has 0 amide bonds. The molecule has 0 aliphatic carbocycles. The summed E-state index contributed by atoms with van der Waals surface area (Å²) in [7, 11) is 0. The molecular formula is C8H7N3S. The normalized spacial score (nSPS) is 14.2. The Morgan fingerprint density at radius 3 is 3.00 bits per heavy atom. The van der Waals surface area contributed by atoms with Crippen molar-refractivity contribution in [2.24, 2.45) is 5.10 Å². The van der Waals surface area contributed by atoms with E-state index in [1.165, 1.54) is 0 Å². The Hall–Kier alpha value is -1.42. The summed E-state index contributed by atoms with van der Waals surface area (Å²) in [5, 5.41) is 7.46. The number of nitrogens with one attached hydrogen (secondary N) is 2. The number of hydrogen-bond donors (Lipinski definition) is 2. The second kappa shape index (κ2) is 2.91. The van der Waals surface area contributed by atoms with Crippen LogP contribution in [0.4, 0.5) is 5.69 Å². The molecule has 0 spiro atoms. The van der Waals surface area contributed by atoms with Gasteiger partial charge in [0.15, 0.2) is 5.11 Å². The Balaban J connectivity index is 2.48. The first-order valence-corrected chi connectivity index (χ1v) is 3.96. The van der Waals surface area contributed by atoms with Crippen molar-refractivity contribution in [3.63, 3.8) is 0 Å². The van der Waals surface area contributed by atoms with Gasteiger partial charge in [-0.05, 0) is 18.3 Å². The van der Waals surface area contributed by atoms with Crippen LogP contribution in [0.5, 0.6) is 0 Å². The number of hydrogen-bond acceptors (Lipinski definition) is 2. The average Bonchev–Trinajstić information content (AvgIpc) is 2.25. The SMILES string of the molecule is S=C1NN=Cc2ccccc2N1. The highest BCUT2D eigenvalue weighted by Gasteiger charge is 2.03. The monoisotopic (exact) mass is 177 g/mol. The average molecular weight is 177 g/mol. The van der Waals surface area contributed by atoms with Gasteiger partial charge in [0.2, 0.25) is 0 Å². The number of hydrazone groups is 1. The van der Waals surface area contributed by atoms with Crippen LogP contribution in [-0.2, 0) is 0 Å². The van der Waals surface area contributed by atoms with Crippen molar-refractivity contribution < 1.29 is 0 Å². The first kappa shape index (κ1) is 7.24. The smallest absolute Gasteiger partial charge is 0.191 e. The van der Waals surface area contributed by atoms with Crippen LogP contribution in [0, 0.1) is 0 Å². The third kappa shape index (κ3) is 1.29. The van der Waals surface area contributed by atoms with Gasteiger partial charge < -0.3 is 5.32 Å². The van der Waals surface area contributed by atoms with Crippen LogP contribution in [0.15, 0.2) is 29.4 Å². The van der Waals surface area contributed by atoms with Gasteiger partial charge in [-0.3, -0.25) is 5.43 Å². The molecule has 0 unspecified atom stereocenters. The number of fused-ring (bicyclic) bond motifs is 1. The molecule has 2 rings (SSSR count). The maximum Gasteiger partial charge on any atom is 0.191 e. The van der Waals surface area contributed by atoms with Gasteiger partial charge in [-0.1, -0.05) is 18.2 Å². The fraction of sp³-hybridized carbons (Fsp3) is 0. The Labute approximate surface area is 75.5 Å². The second-order valence-corrected chi connectivity index (χ2v) is 2.82. The van der Waals surface area contributed by atoms with E-state index in [0.717, 1.165) is 11.3 Å².